The molecule has 5 nitrogen and oxygen atoms in total. The van der Waals surface area contributed by atoms with E-state index in [1.807, 2.05) is 58.3 Å². The first-order valence-electron chi connectivity index (χ1n) is 9.58. The minimum Gasteiger partial charge on any atom is -0.376 e. The lowest BCUT2D eigenvalue weighted by Crippen LogP contribution is -2.45. The normalized spacial score (nSPS) is 16.1. The number of carbonyl (C=O) groups excluding carboxylic acids is 2. The highest BCUT2D eigenvalue weighted by Crippen LogP contribution is 2.17. The first-order valence-corrected chi connectivity index (χ1v) is 9.58. The second kappa shape index (κ2) is 9.76. The van der Waals surface area contributed by atoms with Crippen molar-refractivity contribution >= 4 is 18.0 Å². The summed E-state index contributed by atoms with van der Waals surface area (Å²) in [6, 6.07) is 20.1. The van der Waals surface area contributed by atoms with Crippen molar-refractivity contribution in [1.82, 2.24) is 9.80 Å². The lowest BCUT2D eigenvalue weighted by atomic mass is 10.1. The van der Waals surface area contributed by atoms with Crippen molar-refractivity contribution in [1.29, 1.82) is 0 Å². The number of likely N-dealkylation sites (tertiary alicyclic amines) is 1. The zero-order chi connectivity index (χ0) is 18.9. The van der Waals surface area contributed by atoms with E-state index in [1.165, 1.54) is 5.56 Å². The molecule has 0 spiro atoms. The van der Waals surface area contributed by atoms with Crippen LogP contribution in [0.1, 0.15) is 18.4 Å². The van der Waals surface area contributed by atoms with Gasteiger partial charge < -0.3 is 15.1 Å². The molecule has 1 aliphatic heterocycles. The molecule has 0 aromatic heterocycles. The van der Waals surface area contributed by atoms with Crippen LogP contribution in [0.2, 0.25) is 0 Å². The second-order valence-corrected chi connectivity index (χ2v) is 6.93. The van der Waals surface area contributed by atoms with Crippen molar-refractivity contribution in [3.05, 3.63) is 66.2 Å². The third kappa shape index (κ3) is 5.58. The van der Waals surface area contributed by atoms with E-state index in [0.717, 1.165) is 37.9 Å². The third-order valence-electron chi connectivity index (χ3n) is 5.07. The standard InChI is InChI=1S/C22H27N3O2/c26-18-25-14-7-12-21(25)17-24(15-13-19-8-3-1-4-9-19)22(27)16-23-20-10-5-2-6-11-20/h1-6,8-11,18,21,23H,7,12-17H2. The maximum absolute atomic E-state index is 12.9. The van der Waals surface area contributed by atoms with Crippen LogP contribution in [0.3, 0.4) is 0 Å². The second-order valence-electron chi connectivity index (χ2n) is 6.93. The Morgan fingerprint density at radius 3 is 2.52 bits per heavy atom. The fourth-order valence-electron chi connectivity index (χ4n) is 3.52. The van der Waals surface area contributed by atoms with Gasteiger partial charge in [0.2, 0.25) is 12.3 Å². The van der Waals surface area contributed by atoms with E-state index in [-0.39, 0.29) is 18.5 Å². The molecule has 1 atom stereocenters. The number of nitrogens with zero attached hydrogens (tertiary/aromatic N) is 2. The Balaban J connectivity index is 1.62. The van der Waals surface area contributed by atoms with Gasteiger partial charge in [-0.05, 0) is 37.0 Å². The van der Waals surface area contributed by atoms with Gasteiger partial charge in [-0.3, -0.25) is 9.59 Å². The number of benzene rings is 2. The minimum atomic E-state index is 0.0625. The first kappa shape index (κ1) is 19.0. The van der Waals surface area contributed by atoms with E-state index in [2.05, 4.69) is 17.4 Å². The van der Waals surface area contributed by atoms with Gasteiger partial charge in [0.15, 0.2) is 0 Å². The van der Waals surface area contributed by atoms with Crippen molar-refractivity contribution in [3.8, 4) is 0 Å². The number of hydrogen-bond donors (Lipinski definition) is 1. The summed E-state index contributed by atoms with van der Waals surface area (Å²) in [4.78, 5) is 27.9. The smallest absolute Gasteiger partial charge is 0.241 e. The van der Waals surface area contributed by atoms with Crippen LogP contribution in [0.25, 0.3) is 0 Å². The molecule has 0 radical (unpaired) electrons. The largest absolute Gasteiger partial charge is 0.376 e. The van der Waals surface area contributed by atoms with E-state index in [1.54, 1.807) is 0 Å². The first-order chi connectivity index (χ1) is 13.3. The predicted molar refractivity (Wildman–Crippen MR) is 107 cm³/mol. The van der Waals surface area contributed by atoms with Gasteiger partial charge in [0.1, 0.15) is 0 Å². The molecule has 0 aliphatic carbocycles. The summed E-state index contributed by atoms with van der Waals surface area (Å²) in [5.74, 6) is 0.0625. The Labute approximate surface area is 161 Å². The Kier molecular flexibility index (Phi) is 6.85. The molecule has 1 aliphatic rings. The zero-order valence-corrected chi connectivity index (χ0v) is 15.6. The van der Waals surface area contributed by atoms with E-state index < -0.39 is 0 Å². The van der Waals surface area contributed by atoms with Gasteiger partial charge >= 0.3 is 0 Å². The SMILES string of the molecule is O=CN1CCCC1CN(CCc1ccccc1)C(=O)CNc1ccccc1. The predicted octanol–water partition coefficient (Wildman–Crippen LogP) is 2.79. The van der Waals surface area contributed by atoms with Crippen molar-refractivity contribution in [2.45, 2.75) is 25.3 Å². The number of anilines is 1. The monoisotopic (exact) mass is 365 g/mol. The Morgan fingerprint density at radius 2 is 1.81 bits per heavy atom. The molecule has 1 saturated heterocycles. The van der Waals surface area contributed by atoms with Crippen molar-refractivity contribution in [2.24, 2.45) is 0 Å². The summed E-state index contributed by atoms with van der Waals surface area (Å²) in [5.41, 5.74) is 2.15. The number of amides is 2. The van der Waals surface area contributed by atoms with Gasteiger partial charge in [-0.1, -0.05) is 48.5 Å². The molecule has 0 bridgehead atoms. The molecule has 5 heteroatoms. The van der Waals surface area contributed by atoms with Gasteiger partial charge in [-0.25, -0.2) is 0 Å². The van der Waals surface area contributed by atoms with Gasteiger partial charge in [0.05, 0.1) is 6.54 Å². The maximum Gasteiger partial charge on any atom is 0.241 e. The van der Waals surface area contributed by atoms with Crippen LogP contribution in [0.4, 0.5) is 5.69 Å². The number of rotatable bonds is 9. The lowest BCUT2D eigenvalue weighted by molar-refractivity contribution is -0.131. The third-order valence-corrected chi connectivity index (χ3v) is 5.07. The van der Waals surface area contributed by atoms with Crippen LogP contribution in [0, 0.1) is 0 Å². The average Bonchev–Trinajstić information content (AvgIpc) is 3.18. The van der Waals surface area contributed by atoms with Crippen LogP contribution in [0.15, 0.2) is 60.7 Å². The van der Waals surface area contributed by atoms with E-state index in [4.69, 9.17) is 0 Å². The molecule has 0 saturated carbocycles. The molecular weight excluding hydrogens is 338 g/mol. The highest BCUT2D eigenvalue weighted by Gasteiger charge is 2.27. The minimum absolute atomic E-state index is 0.0625. The number of nitrogens with one attached hydrogen (secondary N) is 1. The van der Waals surface area contributed by atoms with E-state index in [9.17, 15) is 9.59 Å². The van der Waals surface area contributed by atoms with Gasteiger partial charge in [0, 0.05) is 31.4 Å². The van der Waals surface area contributed by atoms with Crippen molar-refractivity contribution < 1.29 is 9.59 Å². The molecular formula is C22H27N3O2. The van der Waals surface area contributed by atoms with Crippen LogP contribution in [-0.2, 0) is 16.0 Å². The molecule has 142 valence electrons. The quantitative estimate of drug-likeness (QED) is 0.695. The maximum atomic E-state index is 12.9. The van der Waals surface area contributed by atoms with Gasteiger partial charge in [-0.15, -0.1) is 0 Å². The molecule has 27 heavy (non-hydrogen) atoms. The highest BCUT2D eigenvalue weighted by atomic mass is 16.2. The van der Waals surface area contributed by atoms with E-state index >= 15 is 0 Å². The summed E-state index contributed by atoms with van der Waals surface area (Å²) >= 11 is 0. The highest BCUT2D eigenvalue weighted by molar-refractivity contribution is 5.81. The molecule has 2 aromatic rings. The molecule has 3 rings (SSSR count). The van der Waals surface area contributed by atoms with Crippen LogP contribution >= 0.6 is 0 Å². The summed E-state index contributed by atoms with van der Waals surface area (Å²) in [7, 11) is 0. The van der Waals surface area contributed by atoms with Gasteiger partial charge in [-0.2, -0.15) is 0 Å². The summed E-state index contributed by atoms with van der Waals surface area (Å²) in [6.07, 6.45) is 3.69. The molecule has 2 aromatic carbocycles. The Hall–Kier alpha value is -2.82. The molecule has 1 heterocycles. The number of para-hydroxylation sites is 1. The van der Waals surface area contributed by atoms with Crippen molar-refractivity contribution in [2.75, 3.05) is 31.5 Å². The zero-order valence-electron chi connectivity index (χ0n) is 15.6. The van der Waals surface area contributed by atoms with Crippen molar-refractivity contribution in [3.63, 3.8) is 0 Å². The topological polar surface area (TPSA) is 52.7 Å². The molecule has 1 unspecified atom stereocenters. The van der Waals surface area contributed by atoms with Gasteiger partial charge in [0.25, 0.3) is 0 Å². The average molecular weight is 365 g/mol. The molecule has 2 amide bonds. The lowest BCUT2D eigenvalue weighted by Gasteiger charge is -2.29. The van der Waals surface area contributed by atoms with Crippen LogP contribution in [-0.4, -0.2) is 54.3 Å². The Bertz CT molecular complexity index is 721. The number of hydrogen-bond acceptors (Lipinski definition) is 3. The summed E-state index contributed by atoms with van der Waals surface area (Å²) < 4.78 is 0. The molecule has 1 fully saturated rings. The summed E-state index contributed by atoms with van der Waals surface area (Å²) in [6.45, 7) is 2.30. The number of carbonyl (C=O) groups is 2. The fourth-order valence-corrected chi connectivity index (χ4v) is 3.52. The molecule has 1 N–H and O–H groups in total. The Morgan fingerprint density at radius 1 is 1.11 bits per heavy atom. The fraction of sp³-hybridized carbons (Fsp3) is 0.364. The van der Waals surface area contributed by atoms with Crippen LogP contribution < -0.4 is 5.32 Å². The summed E-state index contributed by atoms with van der Waals surface area (Å²) in [5, 5.41) is 3.20. The van der Waals surface area contributed by atoms with Crippen LogP contribution in [0.5, 0.6) is 0 Å². The van der Waals surface area contributed by atoms with E-state index in [0.29, 0.717) is 13.1 Å².